The Kier molecular flexibility index (Phi) is 6.52. The summed E-state index contributed by atoms with van der Waals surface area (Å²) in [7, 11) is 0. The number of carbonyl (C=O) groups is 1. The highest BCUT2D eigenvalue weighted by Crippen LogP contribution is 2.33. The molecule has 0 amide bonds. The lowest BCUT2D eigenvalue weighted by molar-refractivity contribution is -0.384. The Hall–Kier alpha value is -2.22. The molecule has 0 spiro atoms. The minimum Gasteiger partial charge on any atom is -0.459 e. The van der Waals surface area contributed by atoms with Crippen LogP contribution >= 0.6 is 0 Å². The fraction of sp³-hybridized carbons (Fsp3) is 0.611. The van der Waals surface area contributed by atoms with Gasteiger partial charge in [0.15, 0.2) is 11.5 Å². The van der Waals surface area contributed by atoms with E-state index in [9.17, 15) is 19.3 Å². The maximum absolute atomic E-state index is 14.1. The van der Waals surface area contributed by atoms with Gasteiger partial charge in [-0.05, 0) is 52.1 Å². The molecule has 8 heteroatoms. The van der Waals surface area contributed by atoms with Crippen LogP contribution in [0, 0.1) is 21.8 Å². The minimum atomic E-state index is -0.569. The normalized spacial score (nSPS) is 15.8. The van der Waals surface area contributed by atoms with E-state index in [0.29, 0.717) is 25.6 Å². The SMILES string of the molecule is CC(C)(C)OC(=O)CNCC1CCN(c2c(F)cccc2[N+](=O)[O-])CC1. The Morgan fingerprint density at radius 1 is 1.38 bits per heavy atom. The second kappa shape index (κ2) is 8.44. The summed E-state index contributed by atoms with van der Waals surface area (Å²) in [5.41, 5.74) is -0.636. The van der Waals surface area contributed by atoms with Crippen molar-refractivity contribution in [1.82, 2.24) is 5.32 Å². The number of halogens is 1. The molecule has 26 heavy (non-hydrogen) atoms. The van der Waals surface area contributed by atoms with Gasteiger partial charge in [-0.25, -0.2) is 4.39 Å². The van der Waals surface area contributed by atoms with E-state index in [0.717, 1.165) is 12.8 Å². The molecule has 0 bridgehead atoms. The first-order valence-electron chi connectivity index (χ1n) is 8.78. The van der Waals surface area contributed by atoms with Crippen molar-refractivity contribution in [3.05, 3.63) is 34.1 Å². The molecule has 1 saturated heterocycles. The Labute approximate surface area is 152 Å². The second-order valence-electron chi connectivity index (χ2n) is 7.51. The average molecular weight is 367 g/mol. The van der Waals surface area contributed by atoms with Crippen LogP contribution in [0.1, 0.15) is 33.6 Å². The van der Waals surface area contributed by atoms with E-state index in [2.05, 4.69) is 5.32 Å². The predicted octanol–water partition coefficient (Wildman–Crippen LogP) is 2.88. The number of hydrogen-bond acceptors (Lipinski definition) is 6. The molecular formula is C18H26FN3O4. The molecule has 7 nitrogen and oxygen atoms in total. The number of ether oxygens (including phenoxy) is 1. The smallest absolute Gasteiger partial charge is 0.320 e. The van der Waals surface area contributed by atoms with Gasteiger partial charge in [-0.1, -0.05) is 6.07 Å². The summed E-state index contributed by atoms with van der Waals surface area (Å²) in [5, 5.41) is 14.2. The Morgan fingerprint density at radius 3 is 2.62 bits per heavy atom. The summed E-state index contributed by atoms with van der Waals surface area (Å²) in [6.45, 7) is 7.36. The van der Waals surface area contributed by atoms with Crippen molar-refractivity contribution in [2.45, 2.75) is 39.2 Å². The van der Waals surface area contributed by atoms with E-state index in [-0.39, 0.29) is 23.9 Å². The minimum absolute atomic E-state index is 0.0673. The maximum atomic E-state index is 14.1. The Balaban J connectivity index is 1.83. The summed E-state index contributed by atoms with van der Waals surface area (Å²) < 4.78 is 19.3. The van der Waals surface area contributed by atoms with Crippen molar-refractivity contribution in [1.29, 1.82) is 0 Å². The molecule has 0 unspecified atom stereocenters. The third kappa shape index (κ3) is 5.66. The molecule has 1 heterocycles. The number of hydrogen-bond donors (Lipinski definition) is 1. The van der Waals surface area contributed by atoms with Crippen molar-refractivity contribution in [3.8, 4) is 0 Å². The molecule has 0 aromatic heterocycles. The first-order valence-corrected chi connectivity index (χ1v) is 8.78. The number of nitrogens with one attached hydrogen (secondary N) is 1. The molecule has 1 fully saturated rings. The molecule has 2 rings (SSSR count). The van der Waals surface area contributed by atoms with Gasteiger partial charge in [-0.3, -0.25) is 14.9 Å². The van der Waals surface area contributed by atoms with E-state index >= 15 is 0 Å². The molecule has 1 aromatic carbocycles. The maximum Gasteiger partial charge on any atom is 0.320 e. The van der Waals surface area contributed by atoms with Crippen LogP contribution < -0.4 is 10.2 Å². The summed E-state index contributed by atoms with van der Waals surface area (Å²) in [5.74, 6) is -0.530. The van der Waals surface area contributed by atoms with Crippen molar-refractivity contribution in [3.63, 3.8) is 0 Å². The van der Waals surface area contributed by atoms with Gasteiger partial charge < -0.3 is 15.0 Å². The molecule has 1 aliphatic heterocycles. The number of benzene rings is 1. The number of carbonyl (C=O) groups excluding carboxylic acids is 1. The average Bonchev–Trinajstić information content (AvgIpc) is 2.53. The van der Waals surface area contributed by atoms with Gasteiger partial charge in [0.1, 0.15) is 5.60 Å². The number of nitrogens with zero attached hydrogens (tertiary/aromatic N) is 2. The van der Waals surface area contributed by atoms with Crippen molar-refractivity contribution in [2.24, 2.45) is 5.92 Å². The lowest BCUT2D eigenvalue weighted by Gasteiger charge is -2.33. The van der Waals surface area contributed by atoms with E-state index in [1.807, 2.05) is 20.8 Å². The molecule has 144 valence electrons. The zero-order valence-electron chi connectivity index (χ0n) is 15.5. The number of anilines is 1. The van der Waals surface area contributed by atoms with Gasteiger partial charge in [-0.15, -0.1) is 0 Å². The van der Waals surface area contributed by atoms with Gasteiger partial charge >= 0.3 is 5.97 Å². The van der Waals surface area contributed by atoms with Crippen LogP contribution in [0.2, 0.25) is 0 Å². The lowest BCUT2D eigenvalue weighted by atomic mass is 9.96. The molecule has 0 aliphatic carbocycles. The van der Waals surface area contributed by atoms with E-state index < -0.39 is 16.3 Å². The van der Waals surface area contributed by atoms with Crippen molar-refractivity contribution < 1.29 is 18.8 Å². The lowest BCUT2D eigenvalue weighted by Crippen LogP contribution is -2.39. The molecule has 1 aromatic rings. The first-order chi connectivity index (χ1) is 12.2. The van der Waals surface area contributed by atoms with Crippen LogP contribution in [0.15, 0.2) is 18.2 Å². The summed E-state index contributed by atoms with van der Waals surface area (Å²) in [6, 6.07) is 3.92. The third-order valence-corrected chi connectivity index (χ3v) is 4.22. The third-order valence-electron chi connectivity index (χ3n) is 4.22. The Morgan fingerprint density at radius 2 is 2.04 bits per heavy atom. The van der Waals surface area contributed by atoms with Crippen LogP contribution in [-0.4, -0.2) is 42.7 Å². The fourth-order valence-corrected chi connectivity index (χ4v) is 3.08. The van der Waals surface area contributed by atoms with Crippen molar-refractivity contribution >= 4 is 17.3 Å². The van der Waals surface area contributed by atoms with E-state index in [1.165, 1.54) is 18.2 Å². The molecule has 1 aliphatic rings. The van der Waals surface area contributed by atoms with E-state index in [1.54, 1.807) is 4.90 Å². The molecule has 0 radical (unpaired) electrons. The number of piperidine rings is 1. The van der Waals surface area contributed by atoms with Crippen LogP contribution in [-0.2, 0) is 9.53 Å². The van der Waals surface area contributed by atoms with Crippen LogP contribution in [0.25, 0.3) is 0 Å². The molecular weight excluding hydrogens is 341 g/mol. The van der Waals surface area contributed by atoms with Gasteiger partial charge in [0.25, 0.3) is 5.69 Å². The summed E-state index contributed by atoms with van der Waals surface area (Å²) >= 11 is 0. The monoisotopic (exact) mass is 367 g/mol. The van der Waals surface area contributed by atoms with Crippen molar-refractivity contribution in [2.75, 3.05) is 31.1 Å². The quantitative estimate of drug-likeness (QED) is 0.473. The summed E-state index contributed by atoms with van der Waals surface area (Å²) in [4.78, 5) is 24.0. The standard InChI is InChI=1S/C18H26FN3O4/c1-18(2,3)26-16(23)12-20-11-13-7-9-21(10-8-13)17-14(19)5-4-6-15(17)22(24)25/h4-6,13,20H,7-12H2,1-3H3. The van der Waals surface area contributed by atoms with Gasteiger partial charge in [-0.2, -0.15) is 0 Å². The Bertz CT molecular complexity index is 652. The van der Waals surface area contributed by atoms with Gasteiger partial charge in [0, 0.05) is 19.2 Å². The number of esters is 1. The topological polar surface area (TPSA) is 84.7 Å². The number of para-hydroxylation sites is 1. The van der Waals surface area contributed by atoms with Crippen LogP contribution in [0.3, 0.4) is 0 Å². The molecule has 0 atom stereocenters. The molecule has 1 N–H and O–H groups in total. The summed E-state index contributed by atoms with van der Waals surface area (Å²) in [6.07, 6.45) is 1.54. The number of nitro benzene ring substituents is 1. The number of rotatable bonds is 6. The number of nitro groups is 1. The highest BCUT2D eigenvalue weighted by molar-refractivity contribution is 5.72. The highest BCUT2D eigenvalue weighted by Gasteiger charge is 2.27. The zero-order chi connectivity index (χ0) is 19.3. The van der Waals surface area contributed by atoms with Crippen LogP contribution in [0.4, 0.5) is 15.8 Å². The van der Waals surface area contributed by atoms with E-state index in [4.69, 9.17) is 4.74 Å². The fourth-order valence-electron chi connectivity index (χ4n) is 3.08. The molecule has 0 saturated carbocycles. The van der Waals surface area contributed by atoms with Gasteiger partial charge in [0.05, 0.1) is 11.5 Å². The first kappa shape index (κ1) is 20.1. The second-order valence-corrected chi connectivity index (χ2v) is 7.51. The predicted molar refractivity (Wildman–Crippen MR) is 96.7 cm³/mol. The largest absolute Gasteiger partial charge is 0.459 e. The van der Waals surface area contributed by atoms with Crippen LogP contribution in [0.5, 0.6) is 0 Å². The van der Waals surface area contributed by atoms with Gasteiger partial charge in [0.2, 0.25) is 0 Å². The highest BCUT2D eigenvalue weighted by atomic mass is 19.1. The zero-order valence-corrected chi connectivity index (χ0v) is 15.5.